The van der Waals surface area contributed by atoms with Crippen LogP contribution in [-0.4, -0.2) is 44.2 Å². The van der Waals surface area contributed by atoms with Gasteiger partial charge in [0.1, 0.15) is 5.82 Å². The number of carbonyl (C=O) groups excluding carboxylic acids is 1. The van der Waals surface area contributed by atoms with Crippen molar-refractivity contribution in [1.82, 2.24) is 15.6 Å². The van der Waals surface area contributed by atoms with Gasteiger partial charge in [0.25, 0.3) is 0 Å². The minimum Gasteiger partial charge on any atom is -0.391 e. The maximum atomic E-state index is 13.8. The van der Waals surface area contributed by atoms with E-state index in [-0.39, 0.29) is 12.1 Å². The van der Waals surface area contributed by atoms with E-state index in [4.69, 9.17) is 20.9 Å². The van der Waals surface area contributed by atoms with Crippen molar-refractivity contribution < 1.29 is 13.8 Å². The van der Waals surface area contributed by atoms with Crippen molar-refractivity contribution in [1.29, 1.82) is 0 Å². The Morgan fingerprint density at radius 1 is 1.13 bits per heavy atom. The van der Waals surface area contributed by atoms with Gasteiger partial charge in [-0.2, -0.15) is 0 Å². The Kier molecular flexibility index (Phi) is 6.93. The average molecular weight is 527 g/mol. The molecule has 192 valence electrons. The summed E-state index contributed by atoms with van der Waals surface area (Å²) in [6.45, 7) is 1.89. The molecule has 1 aromatic heterocycles. The van der Waals surface area contributed by atoms with E-state index < -0.39 is 5.41 Å². The number of halogens is 1. The van der Waals surface area contributed by atoms with Crippen molar-refractivity contribution in [3.05, 3.63) is 107 Å². The van der Waals surface area contributed by atoms with E-state index in [1.165, 1.54) is 16.7 Å². The number of ether oxygens (including phenoxy) is 1. The highest BCUT2D eigenvalue weighted by molar-refractivity contribution is 6.53. The molecule has 0 saturated carbocycles. The zero-order chi connectivity index (χ0) is 26.0. The van der Waals surface area contributed by atoms with Gasteiger partial charge in [0.15, 0.2) is 6.23 Å². The summed E-state index contributed by atoms with van der Waals surface area (Å²) in [5, 5.41) is 9.64. The van der Waals surface area contributed by atoms with Crippen molar-refractivity contribution in [2.75, 3.05) is 25.1 Å². The van der Waals surface area contributed by atoms with Crippen LogP contribution in [0.4, 0.5) is 5.82 Å². The summed E-state index contributed by atoms with van der Waals surface area (Å²) in [4.78, 5) is 18.3. The van der Waals surface area contributed by atoms with Crippen molar-refractivity contribution >= 4 is 42.0 Å². The molecular weight excluding hydrogens is 499 g/mol. The van der Waals surface area contributed by atoms with E-state index in [2.05, 4.69) is 63.3 Å². The number of aromatic nitrogens is 1. The van der Waals surface area contributed by atoms with Crippen LogP contribution in [0.1, 0.15) is 29.5 Å². The molecule has 0 radical (unpaired) electrons. The number of nitrogens with zero attached hydrogens (tertiary/aromatic N) is 1. The number of allylic oxidation sites excluding steroid dienone is 5. The molecule has 1 aromatic carbocycles. The van der Waals surface area contributed by atoms with Gasteiger partial charge in [-0.3, -0.25) is 4.79 Å². The molecule has 0 aliphatic carbocycles. The van der Waals surface area contributed by atoms with E-state index in [1.807, 2.05) is 30.5 Å². The van der Waals surface area contributed by atoms with Gasteiger partial charge >= 0.3 is 0 Å². The zero-order valence-corrected chi connectivity index (χ0v) is 21.6. The third-order valence-electron chi connectivity index (χ3n) is 7.67. The first-order chi connectivity index (χ1) is 18.6. The molecule has 0 spiro atoms. The minimum atomic E-state index is -0.671. The highest BCUT2D eigenvalue weighted by Crippen LogP contribution is 2.37. The van der Waals surface area contributed by atoms with Gasteiger partial charge in [-0.25, -0.2) is 9.27 Å². The number of amides is 1. The van der Waals surface area contributed by atoms with Crippen LogP contribution in [0, 0.1) is 0 Å². The Morgan fingerprint density at radius 2 is 1.95 bits per heavy atom. The summed E-state index contributed by atoms with van der Waals surface area (Å²) < 4.78 is 10.4. The maximum Gasteiger partial charge on any atom is 0.236 e. The third kappa shape index (κ3) is 4.83. The quantitative estimate of drug-likeness (QED) is 0.495. The number of benzene rings is 1. The minimum absolute atomic E-state index is 0.0567. The molecule has 4 aliphatic heterocycles. The smallest absolute Gasteiger partial charge is 0.236 e. The van der Waals surface area contributed by atoms with Crippen LogP contribution in [0.3, 0.4) is 0 Å². The highest BCUT2D eigenvalue weighted by Gasteiger charge is 2.42. The lowest BCUT2D eigenvalue weighted by Gasteiger charge is -2.36. The Hall–Kier alpha value is -3.59. The lowest BCUT2D eigenvalue weighted by molar-refractivity contribution is -0.125. The van der Waals surface area contributed by atoms with Crippen LogP contribution in [0.15, 0.2) is 90.2 Å². The van der Waals surface area contributed by atoms with Gasteiger partial charge < -0.3 is 20.7 Å². The van der Waals surface area contributed by atoms with Gasteiger partial charge in [-0.05, 0) is 70.6 Å². The molecule has 1 amide bonds. The maximum absolute atomic E-state index is 13.8. The Bertz CT molecular complexity index is 1370. The van der Waals surface area contributed by atoms with Crippen molar-refractivity contribution in [3.63, 3.8) is 0 Å². The fourth-order valence-corrected chi connectivity index (χ4v) is 5.51. The number of nitrogens with one attached hydrogen (secondary N) is 3. The first kappa shape index (κ1) is 24.7. The number of hydrogen-bond acceptors (Lipinski definition) is 6. The van der Waals surface area contributed by atoms with E-state index in [9.17, 15) is 4.79 Å². The molecule has 5 heterocycles. The summed E-state index contributed by atoms with van der Waals surface area (Å²) >= 11 is 5.41. The molecule has 4 aliphatic rings. The summed E-state index contributed by atoms with van der Waals surface area (Å²) in [6, 6.07) is 12.2. The molecule has 38 heavy (non-hydrogen) atoms. The van der Waals surface area contributed by atoms with Gasteiger partial charge in [-0.1, -0.05) is 36.4 Å². The second-order valence-electron chi connectivity index (χ2n) is 9.86. The van der Waals surface area contributed by atoms with Crippen LogP contribution in [-0.2, 0) is 19.2 Å². The first-order valence-electron chi connectivity index (χ1n) is 12.9. The Balaban J connectivity index is 1.19. The lowest BCUT2D eigenvalue weighted by atomic mass is 9.73. The van der Waals surface area contributed by atoms with Crippen LogP contribution < -0.4 is 16.0 Å². The summed E-state index contributed by atoms with van der Waals surface area (Å²) in [7, 11) is 0.978. The molecule has 1 fully saturated rings. The fourth-order valence-electron chi connectivity index (χ4n) is 5.40. The van der Waals surface area contributed by atoms with Gasteiger partial charge in [0.05, 0.1) is 17.3 Å². The number of pyridine rings is 1. The van der Waals surface area contributed by atoms with Crippen LogP contribution in [0.5, 0.6) is 0 Å². The highest BCUT2D eigenvalue weighted by atomic mass is 35.5. The molecule has 0 bridgehead atoms. The standard InChI is InChI=1S/C29H28BClN4O3/c31-38-26-8-4-22(17-33-26)21-3-7-25(32-16-21)35-28(36)29(10-13-37-14-11-29)24-5-1-19(2-6-24)23-15-20-9-12-30-27(20)34-18-23/h1-9,12,15-17,26,30,33-34H,10-11,13-14,18H2,(H,32,35,36). The number of hydrogen-bond donors (Lipinski definition) is 3. The van der Waals surface area contributed by atoms with E-state index in [0.717, 1.165) is 36.1 Å². The second-order valence-corrected chi connectivity index (χ2v) is 10.0. The second kappa shape index (κ2) is 10.7. The Labute approximate surface area is 227 Å². The largest absolute Gasteiger partial charge is 0.391 e. The molecule has 2 aromatic rings. The van der Waals surface area contributed by atoms with Gasteiger partial charge in [-0.15, -0.1) is 5.98 Å². The fraction of sp³-hybridized carbons (Fsp3) is 0.241. The predicted molar refractivity (Wildman–Crippen MR) is 151 cm³/mol. The molecule has 1 atom stereocenters. The lowest BCUT2D eigenvalue weighted by Crippen LogP contribution is -2.45. The normalized spacial score (nSPS) is 21.4. The predicted octanol–water partition coefficient (Wildman–Crippen LogP) is 3.93. The summed E-state index contributed by atoms with van der Waals surface area (Å²) in [5.41, 5.74) is 7.16. The number of carbonyl (C=O) groups is 1. The first-order valence-corrected chi connectivity index (χ1v) is 13.2. The van der Waals surface area contributed by atoms with E-state index >= 15 is 0 Å². The molecule has 1 saturated heterocycles. The zero-order valence-electron chi connectivity index (χ0n) is 20.9. The van der Waals surface area contributed by atoms with Crippen molar-refractivity contribution in [2.24, 2.45) is 0 Å². The number of anilines is 1. The monoisotopic (exact) mass is 526 g/mol. The molecule has 9 heteroatoms. The van der Waals surface area contributed by atoms with Gasteiger partial charge in [0, 0.05) is 37.7 Å². The molecule has 3 N–H and O–H groups in total. The van der Waals surface area contributed by atoms with Crippen LogP contribution in [0.2, 0.25) is 0 Å². The molecule has 6 rings (SSSR count). The average Bonchev–Trinajstić information content (AvgIpc) is 3.46. The molecule has 1 unspecified atom stereocenters. The van der Waals surface area contributed by atoms with Crippen molar-refractivity contribution in [2.45, 2.75) is 24.5 Å². The SMILES string of the molecule is O=C(Nc1ccc(C2=CNC(OCl)C=C2)cn1)C1(c2ccc(C3=CC4=C(BC=C4)NC3)cc2)CCOCC1. The number of dihydropyridines is 2. The van der Waals surface area contributed by atoms with Gasteiger partial charge in [0.2, 0.25) is 13.2 Å². The third-order valence-corrected chi connectivity index (χ3v) is 7.86. The summed E-state index contributed by atoms with van der Waals surface area (Å²) in [6.07, 6.45) is 12.6. The number of rotatable bonds is 6. The molecular formula is C29H28BClN4O3. The Morgan fingerprint density at radius 3 is 2.66 bits per heavy atom. The topological polar surface area (TPSA) is 84.5 Å². The van der Waals surface area contributed by atoms with Crippen LogP contribution in [0.25, 0.3) is 11.1 Å². The van der Waals surface area contributed by atoms with E-state index in [0.29, 0.717) is 31.9 Å². The van der Waals surface area contributed by atoms with Crippen molar-refractivity contribution in [3.8, 4) is 0 Å². The van der Waals surface area contributed by atoms with E-state index in [1.54, 1.807) is 6.20 Å². The summed E-state index contributed by atoms with van der Waals surface area (Å²) in [5.74, 6) is 2.65. The molecule has 7 nitrogen and oxygen atoms in total. The van der Waals surface area contributed by atoms with Crippen LogP contribution >= 0.6 is 11.9 Å².